The third kappa shape index (κ3) is 2.74. The molecule has 0 aliphatic rings. The van der Waals surface area contributed by atoms with Crippen molar-refractivity contribution in [2.75, 3.05) is 0 Å². The lowest BCUT2D eigenvalue weighted by molar-refractivity contribution is 0.103. The van der Waals surface area contributed by atoms with E-state index in [9.17, 15) is 9.18 Å². The number of carbonyl (C=O) groups excluding carboxylic acids is 1. The van der Waals surface area contributed by atoms with E-state index in [-0.39, 0.29) is 16.4 Å². The van der Waals surface area contributed by atoms with Crippen LogP contribution in [0.15, 0.2) is 40.9 Å². The molecule has 0 atom stereocenters. The number of hydrogen-bond donors (Lipinski definition) is 0. The van der Waals surface area contributed by atoms with Gasteiger partial charge in [0.15, 0.2) is 5.78 Å². The van der Waals surface area contributed by atoms with Crippen LogP contribution in [-0.2, 0) is 0 Å². The molecule has 0 radical (unpaired) electrons. The minimum Gasteiger partial charge on any atom is -0.289 e. The summed E-state index contributed by atoms with van der Waals surface area (Å²) in [5.74, 6) is -0.790. The van der Waals surface area contributed by atoms with Crippen molar-refractivity contribution >= 4 is 44.9 Å². The largest absolute Gasteiger partial charge is 0.289 e. The van der Waals surface area contributed by atoms with Crippen molar-refractivity contribution in [3.05, 3.63) is 67.9 Å². The molecular weight excluding hydrogens is 342 g/mol. The Morgan fingerprint density at radius 3 is 2.44 bits per heavy atom. The van der Waals surface area contributed by atoms with Crippen LogP contribution in [0.3, 0.4) is 0 Å². The second kappa shape index (κ2) is 5.39. The van der Waals surface area contributed by atoms with Crippen molar-refractivity contribution in [1.82, 2.24) is 0 Å². The van der Waals surface area contributed by atoms with Gasteiger partial charge in [0.1, 0.15) is 5.82 Å². The highest BCUT2D eigenvalue weighted by molar-refractivity contribution is 9.10. The lowest BCUT2D eigenvalue weighted by Gasteiger charge is -2.05. The Kier molecular flexibility index (Phi) is 4.05. The molecule has 0 aliphatic carbocycles. The van der Waals surface area contributed by atoms with Gasteiger partial charge in [-0.2, -0.15) is 0 Å². The van der Waals surface area contributed by atoms with Gasteiger partial charge in [-0.05, 0) is 36.4 Å². The molecule has 5 heteroatoms. The summed E-state index contributed by atoms with van der Waals surface area (Å²) in [6.45, 7) is 0. The van der Waals surface area contributed by atoms with Gasteiger partial charge >= 0.3 is 0 Å². The first-order valence-electron chi connectivity index (χ1n) is 4.94. The Balaban J connectivity index is 2.47. The summed E-state index contributed by atoms with van der Waals surface area (Å²) in [6, 6.07) is 8.48. The average Bonchev–Trinajstić information content (AvgIpc) is 2.35. The smallest absolute Gasteiger partial charge is 0.194 e. The number of halogens is 4. The molecule has 0 saturated heterocycles. The van der Waals surface area contributed by atoms with Gasteiger partial charge in [-0.25, -0.2) is 4.39 Å². The maximum atomic E-state index is 13.1. The van der Waals surface area contributed by atoms with Crippen LogP contribution >= 0.6 is 39.1 Å². The minimum absolute atomic E-state index is 0.244. The first-order valence-corrected chi connectivity index (χ1v) is 6.49. The van der Waals surface area contributed by atoms with E-state index in [0.717, 1.165) is 0 Å². The van der Waals surface area contributed by atoms with E-state index in [4.69, 9.17) is 23.2 Å². The van der Waals surface area contributed by atoms with Crippen LogP contribution in [0, 0.1) is 5.82 Å². The third-order valence-corrected chi connectivity index (χ3v) is 3.79. The second-order valence-electron chi connectivity index (χ2n) is 3.58. The van der Waals surface area contributed by atoms with Crippen molar-refractivity contribution in [3.63, 3.8) is 0 Å². The lowest BCUT2D eigenvalue weighted by Crippen LogP contribution is -2.03. The van der Waals surface area contributed by atoms with Crippen molar-refractivity contribution in [1.29, 1.82) is 0 Å². The number of hydrogen-bond acceptors (Lipinski definition) is 1. The van der Waals surface area contributed by atoms with Crippen LogP contribution in [0.25, 0.3) is 0 Å². The van der Waals surface area contributed by atoms with Crippen molar-refractivity contribution in [2.45, 2.75) is 0 Å². The summed E-state index contributed by atoms with van der Waals surface area (Å²) in [7, 11) is 0. The molecule has 0 unspecified atom stereocenters. The van der Waals surface area contributed by atoms with Gasteiger partial charge in [-0.1, -0.05) is 39.1 Å². The zero-order chi connectivity index (χ0) is 13.3. The Bertz CT molecular complexity index is 628. The summed E-state index contributed by atoms with van der Waals surface area (Å²) in [4.78, 5) is 12.2. The van der Waals surface area contributed by atoms with E-state index in [0.29, 0.717) is 15.1 Å². The number of benzene rings is 2. The highest BCUT2D eigenvalue weighted by Gasteiger charge is 2.14. The average molecular weight is 348 g/mol. The second-order valence-corrected chi connectivity index (χ2v) is 5.25. The summed E-state index contributed by atoms with van der Waals surface area (Å²) in [5, 5.41) is 0.654. The molecule has 0 bridgehead atoms. The standard InChI is InChI=1S/C13H6BrCl2FO/c14-10-3-2-8(17)6-9(10)13(18)7-1-4-11(15)12(16)5-7/h1-6H. The lowest BCUT2D eigenvalue weighted by atomic mass is 10.0. The summed E-state index contributed by atoms with van der Waals surface area (Å²) in [5.41, 5.74) is 0.601. The summed E-state index contributed by atoms with van der Waals surface area (Å²) < 4.78 is 13.7. The SMILES string of the molecule is O=C(c1ccc(Cl)c(Cl)c1)c1cc(F)ccc1Br. The molecule has 0 N–H and O–H groups in total. The van der Waals surface area contributed by atoms with Gasteiger partial charge in [0, 0.05) is 15.6 Å². The molecule has 0 heterocycles. The fourth-order valence-electron chi connectivity index (χ4n) is 1.46. The molecule has 0 aromatic heterocycles. The number of rotatable bonds is 2. The van der Waals surface area contributed by atoms with Gasteiger partial charge in [0.25, 0.3) is 0 Å². The van der Waals surface area contributed by atoms with Gasteiger partial charge in [0.05, 0.1) is 10.0 Å². The molecule has 2 aromatic carbocycles. The van der Waals surface area contributed by atoms with Gasteiger partial charge in [-0.15, -0.1) is 0 Å². The molecule has 92 valence electrons. The van der Waals surface area contributed by atoms with E-state index in [1.54, 1.807) is 6.07 Å². The van der Waals surface area contributed by atoms with E-state index in [1.807, 2.05) is 0 Å². The summed E-state index contributed by atoms with van der Waals surface area (Å²) >= 11 is 14.8. The minimum atomic E-state index is -0.471. The van der Waals surface area contributed by atoms with Crippen LogP contribution in [0.2, 0.25) is 10.0 Å². The van der Waals surface area contributed by atoms with Crippen LogP contribution in [-0.4, -0.2) is 5.78 Å². The normalized spacial score (nSPS) is 10.4. The topological polar surface area (TPSA) is 17.1 Å². The van der Waals surface area contributed by atoms with Gasteiger partial charge in [0.2, 0.25) is 0 Å². The first kappa shape index (κ1) is 13.5. The van der Waals surface area contributed by atoms with E-state index in [2.05, 4.69) is 15.9 Å². The molecule has 0 spiro atoms. The Hall–Kier alpha value is -0.900. The van der Waals surface area contributed by atoms with Gasteiger partial charge < -0.3 is 0 Å². The molecule has 0 saturated carbocycles. The fraction of sp³-hybridized carbons (Fsp3) is 0. The molecule has 0 amide bonds. The van der Waals surface area contributed by atoms with Crippen molar-refractivity contribution < 1.29 is 9.18 Å². The molecule has 0 fully saturated rings. The molecular formula is C13H6BrCl2FO. The highest BCUT2D eigenvalue weighted by atomic mass is 79.9. The summed E-state index contributed by atoms with van der Waals surface area (Å²) in [6.07, 6.45) is 0. The van der Waals surface area contributed by atoms with Crippen LogP contribution < -0.4 is 0 Å². The Morgan fingerprint density at radius 2 is 1.78 bits per heavy atom. The predicted molar refractivity (Wildman–Crippen MR) is 74.0 cm³/mol. The Morgan fingerprint density at radius 1 is 1.06 bits per heavy atom. The Labute approximate surface area is 122 Å². The van der Waals surface area contributed by atoms with Crippen LogP contribution in [0.5, 0.6) is 0 Å². The van der Waals surface area contributed by atoms with Crippen LogP contribution in [0.4, 0.5) is 4.39 Å². The van der Waals surface area contributed by atoms with E-state index < -0.39 is 5.82 Å². The van der Waals surface area contributed by atoms with Gasteiger partial charge in [-0.3, -0.25) is 4.79 Å². The maximum Gasteiger partial charge on any atom is 0.194 e. The predicted octanol–water partition coefficient (Wildman–Crippen LogP) is 5.13. The molecule has 0 aliphatic heterocycles. The quantitative estimate of drug-likeness (QED) is 0.688. The van der Waals surface area contributed by atoms with Crippen LogP contribution in [0.1, 0.15) is 15.9 Å². The molecule has 1 nitrogen and oxygen atoms in total. The highest BCUT2D eigenvalue weighted by Crippen LogP contribution is 2.26. The molecule has 18 heavy (non-hydrogen) atoms. The number of carbonyl (C=O) groups is 1. The van der Waals surface area contributed by atoms with Crippen molar-refractivity contribution in [3.8, 4) is 0 Å². The zero-order valence-electron chi connectivity index (χ0n) is 8.88. The monoisotopic (exact) mass is 346 g/mol. The number of ketones is 1. The third-order valence-electron chi connectivity index (χ3n) is 2.35. The fourth-order valence-corrected chi connectivity index (χ4v) is 2.19. The zero-order valence-corrected chi connectivity index (χ0v) is 12.0. The van der Waals surface area contributed by atoms with E-state index in [1.165, 1.54) is 30.3 Å². The van der Waals surface area contributed by atoms with E-state index >= 15 is 0 Å². The maximum absolute atomic E-state index is 13.1. The molecule has 2 aromatic rings. The molecule has 2 rings (SSSR count). The van der Waals surface area contributed by atoms with Crippen molar-refractivity contribution in [2.24, 2.45) is 0 Å². The first-order chi connectivity index (χ1) is 8.49.